The van der Waals surface area contributed by atoms with Crippen LogP contribution in [0.3, 0.4) is 0 Å². The van der Waals surface area contributed by atoms with Gasteiger partial charge in [-0.15, -0.1) is 5.10 Å². The molecular formula is C31H31N7O6. The van der Waals surface area contributed by atoms with Crippen molar-refractivity contribution in [1.29, 1.82) is 0 Å². The largest absolute Gasteiger partial charge is 0.445 e. The van der Waals surface area contributed by atoms with Crippen molar-refractivity contribution in [2.24, 2.45) is 7.05 Å². The van der Waals surface area contributed by atoms with Gasteiger partial charge in [0.1, 0.15) is 11.2 Å². The van der Waals surface area contributed by atoms with Crippen molar-refractivity contribution in [2.75, 3.05) is 10.6 Å². The molecule has 3 heterocycles. The number of benzene rings is 2. The molecule has 44 heavy (non-hydrogen) atoms. The quantitative estimate of drug-likeness (QED) is 0.227. The fourth-order valence-electron chi connectivity index (χ4n) is 4.51. The summed E-state index contributed by atoms with van der Waals surface area (Å²) in [5.74, 6) is -1.89. The Kier molecular flexibility index (Phi) is 8.03. The van der Waals surface area contributed by atoms with E-state index in [1.807, 2.05) is 44.2 Å². The fraction of sp³-hybridized carbons (Fsp3) is 0.226. The van der Waals surface area contributed by atoms with E-state index in [4.69, 9.17) is 9.15 Å². The van der Waals surface area contributed by atoms with E-state index >= 15 is 0 Å². The number of fused-ring (bicyclic) bond motifs is 1. The third kappa shape index (κ3) is 6.07. The van der Waals surface area contributed by atoms with Gasteiger partial charge in [0.15, 0.2) is 17.2 Å². The molecule has 13 nitrogen and oxygen atoms in total. The Labute approximate surface area is 252 Å². The Hall–Kier alpha value is -5.72. The molecule has 13 heteroatoms. The van der Waals surface area contributed by atoms with Crippen LogP contribution >= 0.6 is 0 Å². The highest BCUT2D eigenvalue weighted by atomic mass is 16.6. The van der Waals surface area contributed by atoms with Crippen LogP contribution in [-0.2, 0) is 17.3 Å². The second kappa shape index (κ2) is 11.9. The van der Waals surface area contributed by atoms with E-state index in [9.17, 15) is 19.2 Å². The first-order chi connectivity index (χ1) is 20.9. The highest BCUT2D eigenvalue weighted by molar-refractivity contribution is 6.14. The van der Waals surface area contributed by atoms with Crippen LogP contribution in [0, 0.1) is 0 Å². The number of carbonyl (C=O) groups is 4. The maximum atomic E-state index is 13.5. The molecule has 0 saturated carbocycles. The maximum Gasteiger partial charge on any atom is 0.435 e. The number of hydrogen-bond donors (Lipinski definition) is 3. The van der Waals surface area contributed by atoms with Crippen molar-refractivity contribution in [3.8, 4) is 0 Å². The Morgan fingerprint density at radius 2 is 1.61 bits per heavy atom. The summed E-state index contributed by atoms with van der Waals surface area (Å²) < 4.78 is 13.5. The van der Waals surface area contributed by atoms with Crippen molar-refractivity contribution in [2.45, 2.75) is 39.3 Å². The number of nitrogens with one attached hydrogen (secondary N) is 3. The molecule has 0 aliphatic rings. The third-order valence-corrected chi connectivity index (χ3v) is 6.72. The lowest BCUT2D eigenvalue weighted by atomic mass is 9.94. The van der Waals surface area contributed by atoms with Crippen molar-refractivity contribution >= 4 is 46.4 Å². The molecule has 3 amide bonds. The summed E-state index contributed by atoms with van der Waals surface area (Å²) in [6, 6.07) is 18.7. The van der Waals surface area contributed by atoms with Crippen LogP contribution in [0.2, 0.25) is 0 Å². The lowest BCUT2D eigenvalue weighted by Crippen LogP contribution is -2.40. The summed E-state index contributed by atoms with van der Waals surface area (Å²) in [5.41, 5.74) is 0.864. The SMILES string of the molecule is CC(C)OC(=O)n1nc(NC(=O)c2ccccc2NC(=O)c2ccnn2C)c2oc(C(=O)NC(C)(C)c3ccccc3)cc21. The van der Waals surface area contributed by atoms with Gasteiger partial charge in [-0.2, -0.15) is 9.78 Å². The van der Waals surface area contributed by atoms with Crippen LogP contribution in [0.15, 0.2) is 77.3 Å². The summed E-state index contributed by atoms with van der Waals surface area (Å²) in [5, 5.41) is 16.5. The molecular weight excluding hydrogens is 566 g/mol. The van der Waals surface area contributed by atoms with Gasteiger partial charge in [-0.1, -0.05) is 42.5 Å². The van der Waals surface area contributed by atoms with E-state index in [1.54, 1.807) is 45.2 Å². The molecule has 0 unspecified atom stereocenters. The molecule has 0 aliphatic carbocycles. The first-order valence-electron chi connectivity index (χ1n) is 13.8. The number of aryl methyl sites for hydroxylation is 1. The number of ether oxygens (including phenoxy) is 1. The third-order valence-electron chi connectivity index (χ3n) is 6.72. The summed E-state index contributed by atoms with van der Waals surface area (Å²) >= 11 is 0. The summed E-state index contributed by atoms with van der Waals surface area (Å²) in [6.07, 6.45) is 0.197. The zero-order valence-corrected chi connectivity index (χ0v) is 24.7. The molecule has 2 aromatic carbocycles. The molecule has 0 spiro atoms. The molecule has 0 radical (unpaired) electrons. The van der Waals surface area contributed by atoms with Crippen molar-refractivity contribution < 1.29 is 28.3 Å². The van der Waals surface area contributed by atoms with Gasteiger partial charge in [0.2, 0.25) is 0 Å². The van der Waals surface area contributed by atoms with E-state index in [1.165, 1.54) is 23.0 Å². The number of hydrogen-bond acceptors (Lipinski definition) is 8. The first-order valence-corrected chi connectivity index (χ1v) is 13.8. The smallest absolute Gasteiger partial charge is 0.435 e. The number of anilines is 2. The monoisotopic (exact) mass is 597 g/mol. The Bertz CT molecular complexity index is 1870. The van der Waals surface area contributed by atoms with Gasteiger partial charge in [-0.05, 0) is 51.5 Å². The highest BCUT2D eigenvalue weighted by Crippen LogP contribution is 2.29. The Balaban J connectivity index is 1.46. The second-order valence-corrected chi connectivity index (χ2v) is 10.8. The molecule has 5 aromatic rings. The van der Waals surface area contributed by atoms with E-state index in [2.05, 4.69) is 26.1 Å². The highest BCUT2D eigenvalue weighted by Gasteiger charge is 2.29. The Morgan fingerprint density at radius 1 is 0.909 bits per heavy atom. The molecule has 3 N–H and O–H groups in total. The van der Waals surface area contributed by atoms with Gasteiger partial charge in [0, 0.05) is 19.3 Å². The van der Waals surface area contributed by atoms with Crippen molar-refractivity contribution in [3.63, 3.8) is 0 Å². The van der Waals surface area contributed by atoms with Gasteiger partial charge < -0.3 is 25.1 Å². The predicted molar refractivity (Wildman–Crippen MR) is 162 cm³/mol. The first kappa shape index (κ1) is 29.8. The van der Waals surface area contributed by atoms with Gasteiger partial charge >= 0.3 is 6.09 Å². The van der Waals surface area contributed by atoms with Crippen LogP contribution in [0.1, 0.15) is 64.7 Å². The lowest BCUT2D eigenvalue weighted by Gasteiger charge is -2.26. The number of aromatic nitrogens is 4. The molecule has 0 aliphatic heterocycles. The molecule has 0 bridgehead atoms. The Morgan fingerprint density at radius 3 is 2.30 bits per heavy atom. The van der Waals surface area contributed by atoms with E-state index in [0.717, 1.165) is 10.2 Å². The number of furan rings is 1. The van der Waals surface area contributed by atoms with Crippen molar-refractivity contribution in [3.05, 3.63) is 95.5 Å². The maximum absolute atomic E-state index is 13.5. The zero-order chi connectivity index (χ0) is 31.6. The molecule has 226 valence electrons. The van der Waals surface area contributed by atoms with Crippen LogP contribution in [0.4, 0.5) is 16.3 Å². The topological polar surface area (TPSA) is 162 Å². The average Bonchev–Trinajstić information content (AvgIpc) is 3.69. The van der Waals surface area contributed by atoms with E-state index in [0.29, 0.717) is 5.69 Å². The minimum absolute atomic E-state index is 0.0156. The van der Waals surface area contributed by atoms with Crippen LogP contribution in [0.25, 0.3) is 11.1 Å². The fourth-order valence-corrected chi connectivity index (χ4v) is 4.51. The van der Waals surface area contributed by atoms with Gasteiger partial charge in [0.05, 0.1) is 22.9 Å². The minimum Gasteiger partial charge on any atom is -0.445 e. The van der Waals surface area contributed by atoms with Gasteiger partial charge in [0.25, 0.3) is 17.7 Å². The molecule has 3 aromatic heterocycles. The summed E-state index contributed by atoms with van der Waals surface area (Å²) in [4.78, 5) is 52.5. The standard InChI is InChI=1S/C31H31N7O6/c1-18(2)43-30(42)38-23-17-24(29(41)35-31(3,4)19-11-7-6-8-12-19)44-25(23)26(36-38)34-27(39)20-13-9-10-14-21(20)33-28(40)22-15-16-32-37(22)5/h6-18H,1-5H3,(H,33,40)(H,35,41)(H,34,36,39). The number of amides is 3. The minimum atomic E-state index is -0.827. The summed E-state index contributed by atoms with van der Waals surface area (Å²) in [7, 11) is 1.62. The molecule has 5 rings (SSSR count). The lowest BCUT2D eigenvalue weighted by molar-refractivity contribution is 0.0884. The van der Waals surface area contributed by atoms with Crippen LogP contribution in [0.5, 0.6) is 0 Å². The van der Waals surface area contributed by atoms with Crippen molar-refractivity contribution in [1.82, 2.24) is 24.9 Å². The molecule has 0 atom stereocenters. The second-order valence-electron chi connectivity index (χ2n) is 10.8. The average molecular weight is 598 g/mol. The predicted octanol–water partition coefficient (Wildman–Crippen LogP) is 4.93. The number of nitrogens with zero attached hydrogens (tertiary/aromatic N) is 4. The van der Waals surface area contributed by atoms with Crippen LogP contribution in [-0.4, -0.2) is 49.5 Å². The molecule has 0 saturated heterocycles. The van der Waals surface area contributed by atoms with Gasteiger partial charge in [-0.3, -0.25) is 19.1 Å². The van der Waals surface area contributed by atoms with Gasteiger partial charge in [-0.25, -0.2) is 4.79 Å². The number of rotatable bonds is 8. The summed E-state index contributed by atoms with van der Waals surface area (Å²) in [6.45, 7) is 7.05. The van der Waals surface area contributed by atoms with E-state index in [-0.39, 0.29) is 33.9 Å². The number of carbonyl (C=O) groups excluding carboxylic acids is 4. The zero-order valence-electron chi connectivity index (χ0n) is 24.7. The van der Waals surface area contributed by atoms with Crippen LogP contribution < -0.4 is 16.0 Å². The van der Waals surface area contributed by atoms with E-state index < -0.39 is 35.5 Å². The molecule has 0 fully saturated rings. The normalized spacial score (nSPS) is 11.4. The number of para-hydroxylation sites is 1.